The summed E-state index contributed by atoms with van der Waals surface area (Å²) in [6.07, 6.45) is -0.895. The van der Waals surface area contributed by atoms with Gasteiger partial charge in [-0.15, -0.1) is 0 Å². The summed E-state index contributed by atoms with van der Waals surface area (Å²) in [6.45, 7) is -0.154. The first-order chi connectivity index (χ1) is 15.4. The molecule has 0 bridgehead atoms. The summed E-state index contributed by atoms with van der Waals surface area (Å²) in [4.78, 5) is 12.2. The van der Waals surface area contributed by atoms with Gasteiger partial charge in [-0.25, -0.2) is 23.1 Å². The van der Waals surface area contributed by atoms with E-state index in [9.17, 15) is 30.4 Å². The molecule has 4 heterocycles. The van der Waals surface area contributed by atoms with Gasteiger partial charge in [-0.05, 0) is 24.3 Å². The molecule has 174 valence electrons. The van der Waals surface area contributed by atoms with Gasteiger partial charge in [-0.1, -0.05) is 6.92 Å². The van der Waals surface area contributed by atoms with Crippen LogP contribution in [0.1, 0.15) is 6.92 Å². The fourth-order valence-electron chi connectivity index (χ4n) is 3.14. The maximum atomic E-state index is 13.5. The first-order valence-electron chi connectivity index (χ1n) is 9.41. The van der Waals surface area contributed by atoms with E-state index < -0.39 is 28.5 Å². The molecule has 0 N–H and O–H groups in total. The Balaban J connectivity index is 1.83. The molecule has 33 heavy (non-hydrogen) atoms. The molecule has 4 aromatic heterocycles. The second kappa shape index (κ2) is 7.86. The molecule has 4 aromatic rings. The zero-order chi connectivity index (χ0) is 24.0. The molecule has 8 nitrogen and oxygen atoms in total. The van der Waals surface area contributed by atoms with E-state index in [2.05, 4.69) is 20.1 Å². The molecule has 0 radical (unpaired) electrons. The molecule has 0 saturated heterocycles. The highest BCUT2D eigenvalue weighted by atomic mass is 32.2. The van der Waals surface area contributed by atoms with E-state index in [4.69, 9.17) is 0 Å². The van der Waals surface area contributed by atoms with Crippen molar-refractivity contribution in [2.24, 2.45) is 0 Å². The summed E-state index contributed by atoms with van der Waals surface area (Å²) in [5.74, 6) is -4.90. The number of fused-ring (bicyclic) bond motifs is 1. The van der Waals surface area contributed by atoms with Gasteiger partial charge in [0.2, 0.25) is 0 Å². The highest BCUT2D eigenvalue weighted by Crippen LogP contribution is 2.37. The minimum atomic E-state index is -5.70. The summed E-state index contributed by atoms with van der Waals surface area (Å²) in [6, 6.07) is 5.50. The van der Waals surface area contributed by atoms with Gasteiger partial charge in [0.15, 0.2) is 15.7 Å². The van der Waals surface area contributed by atoms with Crippen molar-refractivity contribution < 1.29 is 30.4 Å². The van der Waals surface area contributed by atoms with Crippen molar-refractivity contribution >= 4 is 20.7 Å². The largest absolute Gasteiger partial charge is 0.455 e. The SMILES string of the molecule is CCS(=O)(=O)c1ccc(-n2cncn2)nc1-c1cc2ccn(CC(F)(F)C(F)(F)F)c2cn1. The van der Waals surface area contributed by atoms with Crippen molar-refractivity contribution in [1.29, 1.82) is 0 Å². The quantitative estimate of drug-likeness (QED) is 0.386. The van der Waals surface area contributed by atoms with Crippen molar-refractivity contribution in [3.05, 3.63) is 49.3 Å². The van der Waals surface area contributed by atoms with Gasteiger partial charge in [-0.3, -0.25) is 4.98 Å². The molecule has 0 spiro atoms. The molecule has 4 rings (SSSR count). The second-order valence-electron chi connectivity index (χ2n) is 7.03. The van der Waals surface area contributed by atoms with E-state index >= 15 is 0 Å². The topological polar surface area (TPSA) is 95.6 Å². The molecule has 0 unspecified atom stereocenters. The highest BCUT2D eigenvalue weighted by molar-refractivity contribution is 7.91. The lowest BCUT2D eigenvalue weighted by Gasteiger charge is -2.20. The summed E-state index contributed by atoms with van der Waals surface area (Å²) in [5, 5.41) is 4.23. The van der Waals surface area contributed by atoms with Crippen LogP contribution in [-0.4, -0.2) is 55.6 Å². The van der Waals surface area contributed by atoms with Gasteiger partial charge >= 0.3 is 12.1 Å². The number of sulfone groups is 1. The molecule has 0 fully saturated rings. The normalized spacial score (nSPS) is 13.0. The van der Waals surface area contributed by atoms with E-state index in [0.29, 0.717) is 0 Å². The van der Waals surface area contributed by atoms with Crippen molar-refractivity contribution in [3.63, 3.8) is 0 Å². The van der Waals surface area contributed by atoms with Crippen LogP contribution in [0.2, 0.25) is 0 Å². The zero-order valence-corrected chi connectivity index (χ0v) is 17.6. The number of alkyl halides is 5. The number of aromatic nitrogens is 6. The van der Waals surface area contributed by atoms with E-state index in [1.807, 2.05) is 0 Å². The van der Waals surface area contributed by atoms with Gasteiger partial charge < -0.3 is 4.57 Å². The van der Waals surface area contributed by atoms with Crippen molar-refractivity contribution in [2.45, 2.75) is 30.5 Å². The Morgan fingerprint density at radius 3 is 2.48 bits per heavy atom. The average molecular weight is 486 g/mol. The molecule has 14 heteroatoms. The molecular weight excluding hydrogens is 471 g/mol. The first-order valence-corrected chi connectivity index (χ1v) is 11.1. The Bertz CT molecular complexity index is 1410. The number of hydrogen-bond donors (Lipinski definition) is 0. The number of hydrogen-bond acceptors (Lipinski definition) is 6. The number of halogens is 5. The molecule has 0 saturated carbocycles. The minimum absolute atomic E-state index is 0.0138. The first kappa shape index (κ1) is 22.8. The van der Waals surface area contributed by atoms with Crippen LogP contribution in [-0.2, 0) is 16.4 Å². The van der Waals surface area contributed by atoms with E-state index in [1.165, 1.54) is 48.5 Å². The lowest BCUT2D eigenvalue weighted by molar-refractivity contribution is -0.286. The molecule has 0 aliphatic heterocycles. The van der Waals surface area contributed by atoms with E-state index in [-0.39, 0.29) is 38.8 Å². The van der Waals surface area contributed by atoms with Crippen LogP contribution >= 0.6 is 0 Å². The molecule has 0 amide bonds. The zero-order valence-electron chi connectivity index (χ0n) is 16.8. The Morgan fingerprint density at radius 1 is 1.09 bits per heavy atom. The second-order valence-corrected chi connectivity index (χ2v) is 9.28. The fraction of sp³-hybridized carbons (Fsp3) is 0.263. The summed E-state index contributed by atoms with van der Waals surface area (Å²) >= 11 is 0. The Hall–Kier alpha value is -3.42. The third kappa shape index (κ3) is 4.17. The van der Waals surface area contributed by atoms with Crippen LogP contribution in [0.4, 0.5) is 22.0 Å². The smallest absolute Gasteiger partial charge is 0.340 e. The Kier molecular flexibility index (Phi) is 5.42. The predicted molar refractivity (Wildman–Crippen MR) is 107 cm³/mol. The molecule has 0 aliphatic carbocycles. The summed E-state index contributed by atoms with van der Waals surface area (Å²) in [7, 11) is -3.73. The minimum Gasteiger partial charge on any atom is -0.340 e. The fourth-order valence-corrected chi connectivity index (χ4v) is 4.17. The van der Waals surface area contributed by atoms with Crippen LogP contribution in [0.15, 0.2) is 54.2 Å². The van der Waals surface area contributed by atoms with Crippen LogP contribution in [0.5, 0.6) is 0 Å². The van der Waals surface area contributed by atoms with Gasteiger partial charge in [0, 0.05) is 11.6 Å². The lowest BCUT2D eigenvalue weighted by atomic mass is 10.2. The van der Waals surface area contributed by atoms with Gasteiger partial charge in [0.05, 0.1) is 34.6 Å². The average Bonchev–Trinajstić information content (AvgIpc) is 3.42. The van der Waals surface area contributed by atoms with Crippen LogP contribution in [0.3, 0.4) is 0 Å². The monoisotopic (exact) mass is 486 g/mol. The Labute approximate surface area is 183 Å². The summed E-state index contributed by atoms with van der Waals surface area (Å²) < 4.78 is 92.1. The lowest BCUT2D eigenvalue weighted by Crippen LogP contribution is -2.40. The number of nitrogens with zero attached hydrogens (tertiary/aromatic N) is 6. The number of rotatable bonds is 6. The van der Waals surface area contributed by atoms with Crippen molar-refractivity contribution in [1.82, 2.24) is 29.3 Å². The van der Waals surface area contributed by atoms with Crippen molar-refractivity contribution in [3.8, 4) is 17.2 Å². The third-order valence-corrected chi connectivity index (χ3v) is 6.66. The van der Waals surface area contributed by atoms with Crippen molar-refractivity contribution in [2.75, 3.05) is 5.75 Å². The van der Waals surface area contributed by atoms with Gasteiger partial charge in [0.25, 0.3) is 0 Å². The maximum Gasteiger partial charge on any atom is 0.455 e. The predicted octanol–water partition coefficient (Wildman–Crippen LogP) is 3.67. The molecule has 0 aliphatic rings. The van der Waals surface area contributed by atoms with E-state index in [0.717, 1.165) is 17.0 Å². The third-order valence-electron chi connectivity index (χ3n) is 4.90. The highest BCUT2D eigenvalue weighted by Gasteiger charge is 2.57. The molecule has 0 aromatic carbocycles. The van der Waals surface area contributed by atoms with Crippen LogP contribution < -0.4 is 0 Å². The van der Waals surface area contributed by atoms with E-state index in [1.54, 1.807) is 0 Å². The van der Waals surface area contributed by atoms with Gasteiger partial charge in [-0.2, -0.15) is 27.1 Å². The molecular formula is C19H15F5N6O2S. The number of pyridine rings is 2. The Morgan fingerprint density at radius 2 is 1.85 bits per heavy atom. The standard InChI is InChI=1S/C19H15F5N6O2S/c1-2-33(31,32)15-3-4-16(30-11-25-10-27-30)28-17(15)13-7-12-5-6-29(14(12)8-26-13)9-18(20,21)19(22,23)24/h3-8,10-11H,2,9H2,1H3. The summed E-state index contributed by atoms with van der Waals surface area (Å²) in [5.41, 5.74) is 0.104. The van der Waals surface area contributed by atoms with Crippen LogP contribution in [0, 0.1) is 0 Å². The van der Waals surface area contributed by atoms with Gasteiger partial charge in [0.1, 0.15) is 18.3 Å². The van der Waals surface area contributed by atoms with Crippen LogP contribution in [0.25, 0.3) is 28.1 Å². The molecule has 0 atom stereocenters. The maximum absolute atomic E-state index is 13.5.